The van der Waals surface area contributed by atoms with Gasteiger partial charge in [0.15, 0.2) is 0 Å². The average Bonchev–Trinajstić information content (AvgIpc) is 2.60. The molecule has 1 aromatic carbocycles. The lowest BCUT2D eigenvalue weighted by molar-refractivity contribution is -0.116. The number of halogens is 1. The molecule has 148 valence electrons. The Labute approximate surface area is 160 Å². The number of piperidine rings is 1. The van der Waals surface area contributed by atoms with E-state index >= 15 is 0 Å². The minimum Gasteiger partial charge on any atom is -0.444 e. The van der Waals surface area contributed by atoms with Crippen LogP contribution in [-0.2, 0) is 9.53 Å². The van der Waals surface area contributed by atoms with Crippen LogP contribution in [0.15, 0.2) is 30.3 Å². The molecule has 0 saturated carbocycles. The summed E-state index contributed by atoms with van der Waals surface area (Å²) in [5, 5.41) is 2.86. The zero-order valence-electron chi connectivity index (χ0n) is 16.3. The summed E-state index contributed by atoms with van der Waals surface area (Å²) in [5.74, 6) is -0.128. The number of rotatable bonds is 5. The number of benzene rings is 1. The highest BCUT2D eigenvalue weighted by molar-refractivity contribution is 5.91. The minimum atomic E-state index is -0.491. The molecular formula is C21H29FN2O3. The van der Waals surface area contributed by atoms with Crippen molar-refractivity contribution in [2.24, 2.45) is 5.92 Å². The van der Waals surface area contributed by atoms with E-state index in [-0.39, 0.29) is 17.8 Å². The van der Waals surface area contributed by atoms with E-state index in [4.69, 9.17) is 4.74 Å². The van der Waals surface area contributed by atoms with Crippen LogP contribution in [-0.4, -0.2) is 42.1 Å². The third-order valence-electron chi connectivity index (χ3n) is 4.32. The van der Waals surface area contributed by atoms with Crippen molar-refractivity contribution in [3.63, 3.8) is 0 Å². The molecule has 2 amide bonds. The maximum Gasteiger partial charge on any atom is 0.410 e. The van der Waals surface area contributed by atoms with Crippen LogP contribution in [0, 0.1) is 11.7 Å². The fourth-order valence-electron chi connectivity index (χ4n) is 3.00. The maximum absolute atomic E-state index is 12.9. The average molecular weight is 376 g/mol. The molecule has 1 N–H and O–H groups in total. The predicted octanol–water partition coefficient (Wildman–Crippen LogP) is 3.99. The zero-order chi connectivity index (χ0) is 19.9. The van der Waals surface area contributed by atoms with Crippen LogP contribution < -0.4 is 5.32 Å². The molecule has 2 rings (SSSR count). The molecule has 0 radical (unpaired) electrons. The van der Waals surface area contributed by atoms with Crippen LogP contribution in [0.1, 0.15) is 45.6 Å². The molecule has 1 saturated heterocycles. The standard InChI is InChI=1S/C21H29FN2O3/c1-21(2,3)27-20(26)24-14-4-5-17(15-24)12-13-23-19(25)11-8-16-6-9-18(22)10-7-16/h6-11,17H,4-5,12-15H2,1-3H3,(H,23,25). The summed E-state index contributed by atoms with van der Waals surface area (Å²) in [6, 6.07) is 5.95. The second-order valence-electron chi connectivity index (χ2n) is 7.90. The maximum atomic E-state index is 12.9. The van der Waals surface area contributed by atoms with Gasteiger partial charge >= 0.3 is 6.09 Å². The highest BCUT2D eigenvalue weighted by Gasteiger charge is 2.27. The first-order chi connectivity index (χ1) is 12.7. The van der Waals surface area contributed by atoms with Gasteiger partial charge < -0.3 is 15.0 Å². The van der Waals surface area contributed by atoms with Crippen LogP contribution in [0.5, 0.6) is 0 Å². The van der Waals surface area contributed by atoms with Gasteiger partial charge in [-0.15, -0.1) is 0 Å². The Kier molecular flexibility index (Phi) is 7.39. The number of nitrogens with one attached hydrogen (secondary N) is 1. The van der Waals surface area contributed by atoms with Crippen molar-refractivity contribution in [1.82, 2.24) is 10.2 Å². The van der Waals surface area contributed by atoms with Gasteiger partial charge in [0.25, 0.3) is 0 Å². The van der Waals surface area contributed by atoms with Gasteiger partial charge in [-0.05, 0) is 69.7 Å². The lowest BCUT2D eigenvalue weighted by Gasteiger charge is -2.34. The summed E-state index contributed by atoms with van der Waals surface area (Å²) in [4.78, 5) is 25.8. The highest BCUT2D eigenvalue weighted by atomic mass is 19.1. The van der Waals surface area contributed by atoms with E-state index in [0.717, 1.165) is 31.4 Å². The van der Waals surface area contributed by atoms with Crippen molar-refractivity contribution in [1.29, 1.82) is 0 Å². The number of nitrogens with zero attached hydrogens (tertiary/aromatic N) is 1. The third-order valence-corrected chi connectivity index (χ3v) is 4.32. The van der Waals surface area contributed by atoms with Crippen molar-refractivity contribution in [2.75, 3.05) is 19.6 Å². The summed E-state index contributed by atoms with van der Waals surface area (Å²) >= 11 is 0. The molecule has 0 spiro atoms. The summed E-state index contributed by atoms with van der Waals surface area (Å²) in [7, 11) is 0. The number of amides is 2. The van der Waals surface area contributed by atoms with Gasteiger partial charge in [0.2, 0.25) is 5.91 Å². The molecular weight excluding hydrogens is 347 g/mol. The molecule has 0 aliphatic carbocycles. The monoisotopic (exact) mass is 376 g/mol. The van der Waals surface area contributed by atoms with E-state index in [1.165, 1.54) is 18.2 Å². The topological polar surface area (TPSA) is 58.6 Å². The molecule has 1 atom stereocenters. The van der Waals surface area contributed by atoms with E-state index < -0.39 is 5.60 Å². The van der Waals surface area contributed by atoms with Gasteiger partial charge in [-0.25, -0.2) is 9.18 Å². The van der Waals surface area contributed by atoms with E-state index in [9.17, 15) is 14.0 Å². The fourth-order valence-corrected chi connectivity index (χ4v) is 3.00. The largest absolute Gasteiger partial charge is 0.444 e. The van der Waals surface area contributed by atoms with Crippen LogP contribution in [0.25, 0.3) is 6.08 Å². The number of ether oxygens (including phenoxy) is 1. The van der Waals surface area contributed by atoms with Crippen molar-refractivity contribution in [2.45, 2.75) is 45.6 Å². The summed E-state index contributed by atoms with van der Waals surface area (Å²) in [6.07, 6.45) is 5.64. The Bertz CT molecular complexity index is 665. The van der Waals surface area contributed by atoms with E-state index in [1.54, 1.807) is 23.1 Å². The molecule has 0 bridgehead atoms. The first-order valence-corrected chi connectivity index (χ1v) is 9.42. The first kappa shape index (κ1) is 20.9. The van der Waals surface area contributed by atoms with E-state index in [0.29, 0.717) is 19.0 Å². The second-order valence-corrected chi connectivity index (χ2v) is 7.90. The van der Waals surface area contributed by atoms with Gasteiger partial charge in [0.1, 0.15) is 11.4 Å². The number of hydrogen-bond donors (Lipinski definition) is 1. The van der Waals surface area contributed by atoms with E-state index in [1.807, 2.05) is 20.8 Å². The molecule has 5 nitrogen and oxygen atoms in total. The van der Waals surface area contributed by atoms with Gasteiger partial charge in [-0.2, -0.15) is 0 Å². The van der Waals surface area contributed by atoms with Crippen LogP contribution >= 0.6 is 0 Å². The van der Waals surface area contributed by atoms with Crippen molar-refractivity contribution >= 4 is 18.1 Å². The second kappa shape index (κ2) is 9.53. The molecule has 0 aromatic heterocycles. The molecule has 27 heavy (non-hydrogen) atoms. The van der Waals surface area contributed by atoms with Crippen LogP contribution in [0.3, 0.4) is 0 Å². The van der Waals surface area contributed by atoms with Crippen molar-refractivity contribution in [3.8, 4) is 0 Å². The Hall–Kier alpha value is -2.37. The molecule has 1 aromatic rings. The summed E-state index contributed by atoms with van der Waals surface area (Å²) in [5.41, 5.74) is 0.279. The Morgan fingerprint density at radius 2 is 2.00 bits per heavy atom. The SMILES string of the molecule is CC(C)(C)OC(=O)N1CCCC(CCNC(=O)C=Cc2ccc(F)cc2)C1. The lowest BCUT2D eigenvalue weighted by atomic mass is 9.95. The number of hydrogen-bond acceptors (Lipinski definition) is 3. The van der Waals surface area contributed by atoms with Gasteiger partial charge in [-0.3, -0.25) is 4.79 Å². The molecule has 1 unspecified atom stereocenters. The first-order valence-electron chi connectivity index (χ1n) is 9.42. The van der Waals surface area contributed by atoms with Gasteiger partial charge in [0.05, 0.1) is 0 Å². The molecule has 1 aliphatic heterocycles. The molecule has 6 heteroatoms. The summed E-state index contributed by atoms with van der Waals surface area (Å²) < 4.78 is 18.3. The molecule has 1 aliphatic rings. The smallest absolute Gasteiger partial charge is 0.410 e. The number of likely N-dealkylation sites (tertiary alicyclic amines) is 1. The van der Waals surface area contributed by atoms with Gasteiger partial charge in [-0.1, -0.05) is 12.1 Å². The lowest BCUT2D eigenvalue weighted by Crippen LogP contribution is -2.43. The van der Waals surface area contributed by atoms with Gasteiger partial charge in [0, 0.05) is 25.7 Å². The van der Waals surface area contributed by atoms with E-state index in [2.05, 4.69) is 5.32 Å². The van der Waals surface area contributed by atoms with Crippen molar-refractivity contribution in [3.05, 3.63) is 41.7 Å². The third kappa shape index (κ3) is 7.81. The quantitative estimate of drug-likeness (QED) is 0.791. The van der Waals surface area contributed by atoms with Crippen LogP contribution in [0.2, 0.25) is 0 Å². The zero-order valence-corrected chi connectivity index (χ0v) is 16.3. The Balaban J connectivity index is 1.72. The fraction of sp³-hybridized carbons (Fsp3) is 0.524. The summed E-state index contributed by atoms with van der Waals surface area (Å²) in [6.45, 7) is 7.53. The highest BCUT2D eigenvalue weighted by Crippen LogP contribution is 2.21. The minimum absolute atomic E-state index is 0.181. The Morgan fingerprint density at radius 1 is 1.30 bits per heavy atom. The predicted molar refractivity (Wildman–Crippen MR) is 104 cm³/mol. The molecule has 1 heterocycles. The normalized spacial score (nSPS) is 17.8. The van der Waals surface area contributed by atoms with Crippen molar-refractivity contribution < 1.29 is 18.7 Å². The number of carbonyl (C=O) groups excluding carboxylic acids is 2. The number of carbonyl (C=O) groups is 2. The molecule has 1 fully saturated rings. The Morgan fingerprint density at radius 3 is 2.67 bits per heavy atom. The van der Waals surface area contributed by atoms with Crippen LogP contribution in [0.4, 0.5) is 9.18 Å².